The van der Waals surface area contributed by atoms with E-state index in [1.807, 2.05) is 19.9 Å². The minimum absolute atomic E-state index is 0.0607. The molecule has 1 amide bonds. The van der Waals surface area contributed by atoms with Crippen molar-refractivity contribution >= 4 is 5.91 Å². The van der Waals surface area contributed by atoms with Gasteiger partial charge in [0.05, 0.1) is 24.7 Å². The number of nitrogens with zero attached hydrogens (tertiary/aromatic N) is 1. The Morgan fingerprint density at radius 2 is 1.90 bits per heavy atom. The van der Waals surface area contributed by atoms with Crippen LogP contribution < -0.4 is 5.32 Å². The number of hydrogen-bond donors (Lipinski definition) is 2. The van der Waals surface area contributed by atoms with Gasteiger partial charge in [0.15, 0.2) is 0 Å². The zero-order chi connectivity index (χ0) is 15.0. The molecule has 0 saturated heterocycles. The Balaban J connectivity index is 2.53. The third-order valence-electron chi connectivity index (χ3n) is 3.94. The highest BCUT2D eigenvalue weighted by Crippen LogP contribution is 2.24. The number of aliphatic hydroxyl groups is 1. The number of aliphatic hydroxyl groups excluding tert-OH is 1. The molecule has 0 unspecified atom stereocenters. The maximum atomic E-state index is 11.9. The Hall–Kier alpha value is -1.86. The van der Waals surface area contributed by atoms with Crippen molar-refractivity contribution in [3.05, 3.63) is 35.4 Å². The third-order valence-corrected chi connectivity index (χ3v) is 3.94. The monoisotopic (exact) mass is 274 g/mol. The fourth-order valence-corrected chi connectivity index (χ4v) is 2.01. The van der Waals surface area contributed by atoms with E-state index in [1.54, 1.807) is 24.3 Å². The second kappa shape index (κ2) is 7.66. The quantitative estimate of drug-likeness (QED) is 0.799. The molecule has 1 aromatic rings. The molecule has 0 bridgehead atoms. The number of benzene rings is 1. The fraction of sp³-hybridized carbons (Fsp3) is 0.500. The lowest BCUT2D eigenvalue weighted by Gasteiger charge is -2.29. The van der Waals surface area contributed by atoms with Crippen LogP contribution in [0.25, 0.3) is 0 Å². The summed E-state index contributed by atoms with van der Waals surface area (Å²) in [5.41, 5.74) is 1.25. The van der Waals surface area contributed by atoms with Gasteiger partial charge in [-0.1, -0.05) is 26.0 Å². The van der Waals surface area contributed by atoms with Gasteiger partial charge in [-0.2, -0.15) is 5.26 Å². The lowest BCUT2D eigenvalue weighted by atomic mass is 9.83. The molecule has 0 saturated carbocycles. The predicted octanol–water partition coefficient (Wildman–Crippen LogP) is 2.02. The molecule has 0 aliphatic heterocycles. The van der Waals surface area contributed by atoms with Gasteiger partial charge < -0.3 is 10.4 Å². The normalized spacial score (nSPS) is 10.9. The molecule has 0 fully saturated rings. The summed E-state index contributed by atoms with van der Waals surface area (Å²) in [5, 5.41) is 21.1. The molecular weight excluding hydrogens is 252 g/mol. The zero-order valence-electron chi connectivity index (χ0n) is 12.1. The number of rotatable bonds is 7. The van der Waals surface area contributed by atoms with Crippen molar-refractivity contribution in [1.29, 1.82) is 5.26 Å². The summed E-state index contributed by atoms with van der Waals surface area (Å²) in [6.45, 7) is 4.61. The third kappa shape index (κ3) is 4.36. The van der Waals surface area contributed by atoms with Gasteiger partial charge in [0.1, 0.15) is 0 Å². The number of nitriles is 1. The molecule has 1 aromatic carbocycles. The second-order valence-electron chi connectivity index (χ2n) is 5.13. The number of amides is 1. The second-order valence-corrected chi connectivity index (χ2v) is 5.13. The summed E-state index contributed by atoms with van der Waals surface area (Å²) in [7, 11) is 0. The summed E-state index contributed by atoms with van der Waals surface area (Å²) < 4.78 is 0. The molecule has 0 atom stereocenters. The van der Waals surface area contributed by atoms with E-state index in [-0.39, 0.29) is 17.9 Å². The van der Waals surface area contributed by atoms with E-state index in [9.17, 15) is 9.90 Å². The van der Waals surface area contributed by atoms with Crippen molar-refractivity contribution in [3.8, 4) is 6.07 Å². The molecule has 0 aliphatic carbocycles. The molecule has 0 radical (unpaired) electrons. The molecule has 2 N–H and O–H groups in total. The maximum absolute atomic E-state index is 11.9. The summed E-state index contributed by atoms with van der Waals surface area (Å²) in [6.07, 6.45) is 1.95. The van der Waals surface area contributed by atoms with Crippen LogP contribution in [0, 0.1) is 16.7 Å². The van der Waals surface area contributed by atoms with Crippen LogP contribution in [0.2, 0.25) is 0 Å². The Labute approximate surface area is 120 Å². The molecule has 1 rings (SSSR count). The van der Waals surface area contributed by atoms with Gasteiger partial charge in [-0.3, -0.25) is 4.79 Å². The van der Waals surface area contributed by atoms with Crippen molar-refractivity contribution in [2.75, 3.05) is 13.2 Å². The van der Waals surface area contributed by atoms with Crippen molar-refractivity contribution in [1.82, 2.24) is 5.32 Å². The minimum Gasteiger partial charge on any atom is -0.396 e. The fourth-order valence-electron chi connectivity index (χ4n) is 2.01. The SMILES string of the molecule is CCC(CC)(CO)CNC(=O)Cc1ccc(C#N)cc1. The molecule has 108 valence electrons. The van der Waals surface area contributed by atoms with Crippen molar-refractivity contribution in [2.45, 2.75) is 33.1 Å². The first-order chi connectivity index (χ1) is 9.59. The van der Waals surface area contributed by atoms with Crippen LogP contribution in [0.1, 0.15) is 37.8 Å². The number of carbonyl (C=O) groups is 1. The van der Waals surface area contributed by atoms with E-state index in [1.165, 1.54) is 0 Å². The zero-order valence-corrected chi connectivity index (χ0v) is 12.1. The molecule has 0 aromatic heterocycles. The number of nitrogens with one attached hydrogen (secondary N) is 1. The van der Waals surface area contributed by atoms with Crippen LogP contribution in [0.4, 0.5) is 0 Å². The Morgan fingerprint density at radius 3 is 2.35 bits per heavy atom. The van der Waals surface area contributed by atoms with E-state index < -0.39 is 0 Å². The summed E-state index contributed by atoms with van der Waals surface area (Å²) in [5.74, 6) is -0.0607. The molecule has 0 heterocycles. The average molecular weight is 274 g/mol. The molecule has 0 aliphatic rings. The van der Waals surface area contributed by atoms with Crippen LogP contribution in [0.15, 0.2) is 24.3 Å². The van der Waals surface area contributed by atoms with Gasteiger partial charge in [-0.05, 0) is 30.5 Å². The van der Waals surface area contributed by atoms with Crippen molar-refractivity contribution in [3.63, 3.8) is 0 Å². The van der Waals surface area contributed by atoms with Gasteiger partial charge >= 0.3 is 0 Å². The Kier molecular flexibility index (Phi) is 6.20. The van der Waals surface area contributed by atoms with Crippen molar-refractivity contribution < 1.29 is 9.90 Å². The first-order valence-corrected chi connectivity index (χ1v) is 6.95. The van der Waals surface area contributed by atoms with Crippen LogP contribution >= 0.6 is 0 Å². The highest BCUT2D eigenvalue weighted by molar-refractivity contribution is 5.78. The molecular formula is C16H22N2O2. The smallest absolute Gasteiger partial charge is 0.224 e. The minimum atomic E-state index is -0.222. The Morgan fingerprint density at radius 1 is 1.30 bits per heavy atom. The first-order valence-electron chi connectivity index (χ1n) is 6.95. The van der Waals surface area contributed by atoms with Crippen LogP contribution in [-0.4, -0.2) is 24.2 Å². The Bertz CT molecular complexity index is 462. The first kappa shape index (κ1) is 16.2. The molecule has 0 spiro atoms. The standard InChI is InChI=1S/C16H22N2O2/c1-3-16(4-2,12-19)11-18-15(20)9-13-5-7-14(10-17)8-6-13/h5-8,19H,3-4,9,11-12H2,1-2H3,(H,18,20). The van der Waals surface area contributed by atoms with Gasteiger partial charge in [-0.25, -0.2) is 0 Å². The topological polar surface area (TPSA) is 73.1 Å². The van der Waals surface area contributed by atoms with Gasteiger partial charge in [0.2, 0.25) is 5.91 Å². The lowest BCUT2D eigenvalue weighted by Crippen LogP contribution is -2.39. The van der Waals surface area contributed by atoms with E-state index in [4.69, 9.17) is 5.26 Å². The predicted molar refractivity (Wildman–Crippen MR) is 78.0 cm³/mol. The molecule has 4 heteroatoms. The van der Waals surface area contributed by atoms with E-state index >= 15 is 0 Å². The lowest BCUT2D eigenvalue weighted by molar-refractivity contribution is -0.121. The highest BCUT2D eigenvalue weighted by Gasteiger charge is 2.25. The van der Waals surface area contributed by atoms with Crippen molar-refractivity contribution in [2.24, 2.45) is 5.41 Å². The van der Waals surface area contributed by atoms with Gasteiger partial charge in [0.25, 0.3) is 0 Å². The summed E-state index contributed by atoms with van der Waals surface area (Å²) in [6, 6.07) is 9.04. The van der Waals surface area contributed by atoms with E-state index in [0.29, 0.717) is 18.5 Å². The van der Waals surface area contributed by atoms with Gasteiger partial charge in [-0.15, -0.1) is 0 Å². The van der Waals surface area contributed by atoms with E-state index in [0.717, 1.165) is 18.4 Å². The number of hydrogen-bond acceptors (Lipinski definition) is 3. The number of carbonyl (C=O) groups excluding carboxylic acids is 1. The van der Waals surface area contributed by atoms with Crippen LogP contribution in [-0.2, 0) is 11.2 Å². The average Bonchev–Trinajstić information content (AvgIpc) is 2.50. The summed E-state index contributed by atoms with van der Waals surface area (Å²) in [4.78, 5) is 11.9. The van der Waals surface area contributed by atoms with Crippen LogP contribution in [0.3, 0.4) is 0 Å². The maximum Gasteiger partial charge on any atom is 0.224 e. The summed E-state index contributed by atoms with van der Waals surface area (Å²) >= 11 is 0. The highest BCUT2D eigenvalue weighted by atomic mass is 16.3. The van der Waals surface area contributed by atoms with E-state index in [2.05, 4.69) is 5.32 Å². The molecule has 20 heavy (non-hydrogen) atoms. The largest absolute Gasteiger partial charge is 0.396 e. The van der Waals surface area contributed by atoms with Crippen LogP contribution in [0.5, 0.6) is 0 Å². The molecule has 4 nitrogen and oxygen atoms in total. The van der Waals surface area contributed by atoms with Gasteiger partial charge in [0, 0.05) is 12.0 Å².